The number of carbonyl (C=O) groups excluding carboxylic acids is 2. The van der Waals surface area contributed by atoms with E-state index >= 15 is 0 Å². The predicted octanol–water partition coefficient (Wildman–Crippen LogP) is 10.8. The molecule has 1 atom stereocenters. The molecule has 0 aliphatic heterocycles. The molecular weight excluding hydrogens is 603 g/mol. The number of rotatable bonds is 34. The van der Waals surface area contributed by atoms with Gasteiger partial charge in [0.1, 0.15) is 6.61 Å². The van der Waals surface area contributed by atoms with E-state index in [-0.39, 0.29) is 19.4 Å². The summed E-state index contributed by atoms with van der Waals surface area (Å²) >= 11 is 0. The molecule has 8 nitrogen and oxygen atoms in total. The molecule has 0 saturated carbocycles. The highest BCUT2D eigenvalue weighted by molar-refractivity contribution is 7.46. The van der Waals surface area contributed by atoms with E-state index in [4.69, 9.17) is 19.3 Å². The average molecular weight is 673 g/mol. The number of ether oxygens (including phenoxy) is 2. The predicted molar refractivity (Wildman–Crippen MR) is 189 cm³/mol. The minimum absolute atomic E-state index is 0.207. The first-order valence-corrected chi connectivity index (χ1v) is 20.2. The second-order valence-electron chi connectivity index (χ2n) is 12.5. The van der Waals surface area contributed by atoms with E-state index in [0.717, 1.165) is 64.2 Å². The summed E-state index contributed by atoms with van der Waals surface area (Å²) in [7, 11) is -4.75. The maximum atomic E-state index is 12.3. The van der Waals surface area contributed by atoms with Crippen molar-refractivity contribution in [1.82, 2.24) is 0 Å². The molecule has 0 unspecified atom stereocenters. The van der Waals surface area contributed by atoms with E-state index in [0.29, 0.717) is 12.8 Å². The first kappa shape index (κ1) is 44.5. The molecule has 0 amide bonds. The van der Waals surface area contributed by atoms with Gasteiger partial charge < -0.3 is 19.3 Å². The van der Waals surface area contributed by atoms with Gasteiger partial charge in [0.15, 0.2) is 6.10 Å². The molecule has 0 aliphatic carbocycles. The van der Waals surface area contributed by atoms with Crippen LogP contribution in [0.5, 0.6) is 0 Å². The molecule has 270 valence electrons. The Morgan fingerprint density at radius 3 is 1.39 bits per heavy atom. The Bertz CT molecular complexity index is 807. The van der Waals surface area contributed by atoms with Gasteiger partial charge in [-0.2, -0.15) is 0 Å². The summed E-state index contributed by atoms with van der Waals surface area (Å²) in [5.74, 6) is -0.899. The highest BCUT2D eigenvalue weighted by Gasteiger charge is 2.22. The van der Waals surface area contributed by atoms with Crippen molar-refractivity contribution in [2.75, 3.05) is 13.2 Å². The zero-order chi connectivity index (χ0) is 34.0. The summed E-state index contributed by atoms with van der Waals surface area (Å²) in [5.41, 5.74) is 0. The number of phosphoric ester groups is 1. The van der Waals surface area contributed by atoms with Crippen molar-refractivity contribution in [3.8, 4) is 0 Å². The molecule has 0 aliphatic rings. The molecule has 0 aromatic heterocycles. The Morgan fingerprint density at radius 1 is 0.543 bits per heavy atom. The minimum atomic E-state index is -4.75. The monoisotopic (exact) mass is 672 g/mol. The normalized spacial score (nSPS) is 12.7. The molecule has 0 bridgehead atoms. The molecule has 2 N–H and O–H groups in total. The van der Waals surface area contributed by atoms with Gasteiger partial charge in [0.25, 0.3) is 0 Å². The number of carbonyl (C=O) groups is 2. The lowest BCUT2D eigenvalue weighted by Gasteiger charge is -2.18. The maximum Gasteiger partial charge on any atom is 0.469 e. The summed E-state index contributed by atoms with van der Waals surface area (Å²) in [4.78, 5) is 42.6. The van der Waals surface area contributed by atoms with E-state index in [1.165, 1.54) is 77.0 Å². The summed E-state index contributed by atoms with van der Waals surface area (Å²) in [6, 6.07) is 0. The Kier molecular flexibility index (Phi) is 32.4. The number of hydrogen-bond donors (Lipinski definition) is 2. The Hall–Kier alpha value is -1.47. The number of phosphoric acid groups is 1. The van der Waals surface area contributed by atoms with Gasteiger partial charge in [0.05, 0.1) is 6.61 Å². The van der Waals surface area contributed by atoms with Crippen molar-refractivity contribution >= 4 is 19.8 Å². The topological polar surface area (TPSA) is 119 Å². The van der Waals surface area contributed by atoms with Crippen LogP contribution in [0, 0.1) is 0 Å². The van der Waals surface area contributed by atoms with Gasteiger partial charge in [-0.15, -0.1) is 0 Å². The summed E-state index contributed by atoms with van der Waals surface area (Å²) in [6.07, 6.45) is 36.1. The molecule has 46 heavy (non-hydrogen) atoms. The maximum absolute atomic E-state index is 12.3. The van der Waals surface area contributed by atoms with Gasteiger partial charge >= 0.3 is 19.8 Å². The fourth-order valence-electron chi connectivity index (χ4n) is 5.11. The summed E-state index contributed by atoms with van der Waals surface area (Å²) in [6.45, 7) is 3.62. The van der Waals surface area contributed by atoms with Gasteiger partial charge in [-0.05, 0) is 57.8 Å². The van der Waals surface area contributed by atoms with Crippen LogP contribution in [-0.2, 0) is 28.2 Å². The first-order chi connectivity index (χ1) is 22.3. The van der Waals surface area contributed by atoms with Crippen LogP contribution < -0.4 is 0 Å². The van der Waals surface area contributed by atoms with E-state index in [1.54, 1.807) is 0 Å². The molecule has 0 rings (SSSR count). The fourth-order valence-corrected chi connectivity index (χ4v) is 5.47. The molecule has 0 saturated heterocycles. The van der Waals surface area contributed by atoms with Crippen LogP contribution in [-0.4, -0.2) is 41.0 Å². The van der Waals surface area contributed by atoms with Crippen LogP contribution in [0.15, 0.2) is 24.3 Å². The molecular formula is C37H69O8P. The Morgan fingerprint density at radius 2 is 0.935 bits per heavy atom. The zero-order valence-electron chi connectivity index (χ0n) is 29.5. The number of unbranched alkanes of at least 4 members (excludes halogenated alkanes) is 20. The van der Waals surface area contributed by atoms with Gasteiger partial charge in [-0.25, -0.2) is 4.57 Å². The quantitative estimate of drug-likeness (QED) is 0.0300. The van der Waals surface area contributed by atoms with Gasteiger partial charge in [-0.1, -0.05) is 134 Å². The summed E-state index contributed by atoms with van der Waals surface area (Å²) in [5, 5.41) is 0. The summed E-state index contributed by atoms with van der Waals surface area (Å²) < 4.78 is 26.3. The number of hydrogen-bond acceptors (Lipinski definition) is 6. The van der Waals surface area contributed by atoms with Crippen molar-refractivity contribution in [3.63, 3.8) is 0 Å². The van der Waals surface area contributed by atoms with E-state index in [1.807, 2.05) is 0 Å². The SMILES string of the molecule is CCCC/C=C\CCCCCCCC(=O)OC[C@H](COP(=O)(O)O)OC(=O)CCCCCCCCC/C=C\CCCCCCCC. The van der Waals surface area contributed by atoms with Gasteiger partial charge in [0, 0.05) is 12.8 Å². The van der Waals surface area contributed by atoms with Crippen LogP contribution in [0.2, 0.25) is 0 Å². The molecule has 0 radical (unpaired) electrons. The van der Waals surface area contributed by atoms with E-state index in [9.17, 15) is 14.2 Å². The molecule has 9 heteroatoms. The van der Waals surface area contributed by atoms with Crippen LogP contribution in [0.1, 0.15) is 181 Å². The minimum Gasteiger partial charge on any atom is -0.462 e. The van der Waals surface area contributed by atoms with Crippen molar-refractivity contribution in [3.05, 3.63) is 24.3 Å². The van der Waals surface area contributed by atoms with Crippen LogP contribution >= 0.6 is 7.82 Å². The molecule has 0 fully saturated rings. The zero-order valence-corrected chi connectivity index (χ0v) is 30.4. The van der Waals surface area contributed by atoms with Crippen LogP contribution in [0.4, 0.5) is 0 Å². The van der Waals surface area contributed by atoms with Gasteiger partial charge in [-0.3, -0.25) is 14.1 Å². The number of esters is 2. The molecule has 0 spiro atoms. The van der Waals surface area contributed by atoms with E-state index < -0.39 is 32.5 Å². The first-order valence-electron chi connectivity index (χ1n) is 18.6. The number of allylic oxidation sites excluding steroid dienone is 4. The lowest BCUT2D eigenvalue weighted by atomic mass is 10.1. The second-order valence-corrected chi connectivity index (χ2v) is 13.8. The highest BCUT2D eigenvalue weighted by atomic mass is 31.2. The van der Waals surface area contributed by atoms with Crippen LogP contribution in [0.3, 0.4) is 0 Å². The smallest absolute Gasteiger partial charge is 0.462 e. The van der Waals surface area contributed by atoms with Crippen molar-refractivity contribution in [1.29, 1.82) is 0 Å². The third kappa shape index (κ3) is 35.4. The van der Waals surface area contributed by atoms with Gasteiger partial charge in [0.2, 0.25) is 0 Å². The molecule has 0 heterocycles. The van der Waals surface area contributed by atoms with Crippen molar-refractivity contribution in [2.24, 2.45) is 0 Å². The third-order valence-corrected chi connectivity index (χ3v) is 8.43. The lowest BCUT2D eigenvalue weighted by Crippen LogP contribution is -2.29. The average Bonchev–Trinajstić information content (AvgIpc) is 3.02. The standard InChI is InChI=1S/C37H69O8P/c1-3-5-7-9-11-13-15-16-17-18-19-20-22-24-26-28-30-32-37(39)45-35(34-44-46(40,41)42)33-43-36(38)31-29-27-25-23-21-14-12-10-8-6-4-2/h10,12,16-17,35H,3-9,11,13-15,18-34H2,1-2H3,(H2,40,41,42)/b12-10-,17-16-/t35-/m1/s1. The fraction of sp³-hybridized carbons (Fsp3) is 0.838. The van der Waals surface area contributed by atoms with E-state index in [2.05, 4.69) is 42.7 Å². The lowest BCUT2D eigenvalue weighted by molar-refractivity contribution is -0.161. The van der Waals surface area contributed by atoms with Crippen molar-refractivity contribution < 1.29 is 37.9 Å². The Labute approximate surface area is 281 Å². The molecule has 0 aromatic rings. The second kappa shape index (κ2) is 33.4. The van der Waals surface area contributed by atoms with Crippen molar-refractivity contribution in [2.45, 2.75) is 187 Å². The highest BCUT2D eigenvalue weighted by Crippen LogP contribution is 2.36. The Balaban J connectivity index is 3.96. The third-order valence-electron chi connectivity index (χ3n) is 7.94. The largest absolute Gasteiger partial charge is 0.469 e. The molecule has 0 aromatic carbocycles. The van der Waals surface area contributed by atoms with Crippen LogP contribution in [0.25, 0.3) is 0 Å².